The summed E-state index contributed by atoms with van der Waals surface area (Å²) in [7, 11) is 0. The molecule has 0 aliphatic rings. The van der Waals surface area contributed by atoms with Crippen LogP contribution in [0.4, 0.5) is 4.39 Å². The fourth-order valence-corrected chi connectivity index (χ4v) is 1.79. The summed E-state index contributed by atoms with van der Waals surface area (Å²) in [4.78, 5) is 14.5. The molecule has 21 heavy (non-hydrogen) atoms. The molecule has 110 valence electrons. The van der Waals surface area contributed by atoms with Crippen LogP contribution < -0.4 is 4.74 Å². The van der Waals surface area contributed by atoms with Gasteiger partial charge in [0.05, 0.1) is 12.9 Å². The maximum Gasteiger partial charge on any atom is 0.328 e. The first-order chi connectivity index (χ1) is 10.1. The molecular weight excluding hydrogens is 275 g/mol. The van der Waals surface area contributed by atoms with Gasteiger partial charge in [-0.2, -0.15) is 0 Å². The van der Waals surface area contributed by atoms with Gasteiger partial charge in [-0.05, 0) is 30.7 Å². The molecular formula is C15H15FN2O3. The lowest BCUT2D eigenvalue weighted by molar-refractivity contribution is -0.131. The average Bonchev–Trinajstić information content (AvgIpc) is 2.96. The molecule has 0 unspecified atom stereocenters. The monoisotopic (exact) mass is 290 g/mol. The zero-order chi connectivity index (χ0) is 15.1. The maximum absolute atomic E-state index is 13.2. The van der Waals surface area contributed by atoms with Crippen LogP contribution in [-0.2, 0) is 11.3 Å². The van der Waals surface area contributed by atoms with E-state index in [0.717, 1.165) is 19.0 Å². The molecule has 1 aromatic carbocycles. The third-order valence-electron chi connectivity index (χ3n) is 2.75. The molecule has 1 N–H and O–H groups in total. The van der Waals surface area contributed by atoms with E-state index in [1.54, 1.807) is 12.5 Å². The van der Waals surface area contributed by atoms with Crippen molar-refractivity contribution in [1.82, 2.24) is 9.55 Å². The molecule has 0 bridgehead atoms. The van der Waals surface area contributed by atoms with Crippen LogP contribution in [0, 0.1) is 5.82 Å². The third-order valence-corrected chi connectivity index (χ3v) is 2.75. The molecule has 2 rings (SSSR count). The fraction of sp³-hybridized carbons (Fsp3) is 0.200. The largest absolute Gasteiger partial charge is 0.493 e. The molecule has 6 heteroatoms. The average molecular weight is 290 g/mol. The van der Waals surface area contributed by atoms with E-state index in [1.807, 2.05) is 10.8 Å². The van der Waals surface area contributed by atoms with Gasteiger partial charge in [0.15, 0.2) is 0 Å². The van der Waals surface area contributed by atoms with Gasteiger partial charge in [-0.1, -0.05) is 0 Å². The topological polar surface area (TPSA) is 64.3 Å². The smallest absolute Gasteiger partial charge is 0.328 e. The van der Waals surface area contributed by atoms with Gasteiger partial charge in [-0.25, -0.2) is 14.2 Å². The van der Waals surface area contributed by atoms with Gasteiger partial charge < -0.3 is 14.4 Å². The zero-order valence-corrected chi connectivity index (χ0v) is 11.3. The van der Waals surface area contributed by atoms with Crippen molar-refractivity contribution in [2.75, 3.05) is 6.61 Å². The summed E-state index contributed by atoms with van der Waals surface area (Å²) in [5, 5.41) is 8.62. The SMILES string of the molecule is O=C(O)/C=C/c1cc(F)ccc1OCCCn1ccnc1. The Morgan fingerprint density at radius 2 is 2.33 bits per heavy atom. The van der Waals surface area contributed by atoms with E-state index < -0.39 is 11.8 Å². The van der Waals surface area contributed by atoms with Gasteiger partial charge >= 0.3 is 5.97 Å². The highest BCUT2D eigenvalue weighted by molar-refractivity contribution is 5.85. The molecule has 0 fully saturated rings. The molecule has 2 aromatic rings. The van der Waals surface area contributed by atoms with E-state index in [1.165, 1.54) is 24.3 Å². The number of hydrogen-bond donors (Lipinski definition) is 1. The Bertz CT molecular complexity index is 624. The molecule has 0 atom stereocenters. The number of carboxylic acids is 1. The summed E-state index contributed by atoms with van der Waals surface area (Å²) in [6.45, 7) is 1.21. The Morgan fingerprint density at radius 3 is 3.05 bits per heavy atom. The molecule has 0 amide bonds. The van der Waals surface area contributed by atoms with Crippen molar-refractivity contribution in [3.63, 3.8) is 0 Å². The van der Waals surface area contributed by atoms with Gasteiger partial charge in [-0.3, -0.25) is 0 Å². The number of rotatable bonds is 7. The summed E-state index contributed by atoms with van der Waals surface area (Å²) in [5.41, 5.74) is 0.403. The van der Waals surface area contributed by atoms with Crippen LogP contribution in [-0.4, -0.2) is 27.2 Å². The fourth-order valence-electron chi connectivity index (χ4n) is 1.79. The van der Waals surface area contributed by atoms with Crippen LogP contribution in [0.3, 0.4) is 0 Å². The Labute approximate surface area is 121 Å². The van der Waals surface area contributed by atoms with Crippen molar-refractivity contribution in [2.45, 2.75) is 13.0 Å². The van der Waals surface area contributed by atoms with Gasteiger partial charge in [0.25, 0.3) is 0 Å². The van der Waals surface area contributed by atoms with E-state index in [-0.39, 0.29) is 0 Å². The lowest BCUT2D eigenvalue weighted by atomic mass is 10.2. The first-order valence-corrected chi connectivity index (χ1v) is 6.44. The lowest BCUT2D eigenvalue weighted by Gasteiger charge is -2.09. The van der Waals surface area contributed by atoms with Crippen molar-refractivity contribution in [2.24, 2.45) is 0 Å². The Kier molecular flexibility index (Phi) is 5.09. The third kappa shape index (κ3) is 4.76. The van der Waals surface area contributed by atoms with E-state index in [9.17, 15) is 9.18 Å². The van der Waals surface area contributed by atoms with Gasteiger partial charge in [0.2, 0.25) is 0 Å². The second kappa shape index (κ2) is 7.23. The Morgan fingerprint density at radius 1 is 1.48 bits per heavy atom. The van der Waals surface area contributed by atoms with Gasteiger partial charge in [0, 0.05) is 30.6 Å². The molecule has 1 heterocycles. The number of imidazole rings is 1. The van der Waals surface area contributed by atoms with Crippen molar-refractivity contribution < 1.29 is 19.0 Å². The summed E-state index contributed by atoms with van der Waals surface area (Å²) in [6.07, 6.45) is 8.31. The van der Waals surface area contributed by atoms with Crippen LogP contribution in [0.2, 0.25) is 0 Å². The molecule has 1 aromatic heterocycles. The van der Waals surface area contributed by atoms with Crippen molar-refractivity contribution >= 4 is 12.0 Å². The highest BCUT2D eigenvalue weighted by Gasteiger charge is 2.04. The summed E-state index contributed by atoms with van der Waals surface area (Å²) >= 11 is 0. The number of ether oxygens (including phenoxy) is 1. The van der Waals surface area contributed by atoms with Crippen LogP contribution in [0.1, 0.15) is 12.0 Å². The second-order valence-corrected chi connectivity index (χ2v) is 4.36. The molecule has 0 aliphatic carbocycles. The normalized spacial score (nSPS) is 10.9. The van der Waals surface area contributed by atoms with Gasteiger partial charge in [-0.15, -0.1) is 0 Å². The number of aromatic nitrogens is 2. The molecule has 5 nitrogen and oxygen atoms in total. The Balaban J connectivity index is 1.93. The summed E-state index contributed by atoms with van der Waals surface area (Å²) in [6, 6.07) is 4.02. The van der Waals surface area contributed by atoms with E-state index >= 15 is 0 Å². The lowest BCUT2D eigenvalue weighted by Crippen LogP contribution is -2.04. The zero-order valence-electron chi connectivity index (χ0n) is 11.3. The number of hydrogen-bond acceptors (Lipinski definition) is 3. The van der Waals surface area contributed by atoms with Crippen LogP contribution in [0.25, 0.3) is 6.08 Å². The Hall–Kier alpha value is -2.63. The highest BCUT2D eigenvalue weighted by atomic mass is 19.1. The minimum Gasteiger partial charge on any atom is -0.493 e. The second-order valence-electron chi connectivity index (χ2n) is 4.36. The minimum atomic E-state index is -1.09. The van der Waals surface area contributed by atoms with Gasteiger partial charge in [0.1, 0.15) is 11.6 Å². The molecule has 0 saturated carbocycles. The molecule has 0 radical (unpaired) electrons. The predicted molar refractivity (Wildman–Crippen MR) is 75.4 cm³/mol. The number of aryl methyl sites for hydroxylation is 1. The van der Waals surface area contributed by atoms with Crippen molar-refractivity contribution in [1.29, 1.82) is 0 Å². The number of halogens is 1. The number of carboxylic acid groups (broad SMARTS) is 1. The molecule has 0 spiro atoms. The minimum absolute atomic E-state index is 0.403. The van der Waals surface area contributed by atoms with E-state index in [2.05, 4.69) is 4.98 Å². The highest BCUT2D eigenvalue weighted by Crippen LogP contribution is 2.21. The van der Waals surface area contributed by atoms with Crippen molar-refractivity contribution in [3.05, 3.63) is 54.4 Å². The standard InChI is InChI=1S/C15H15FN2O3/c16-13-3-4-14(12(10-13)2-5-15(19)20)21-9-1-7-18-8-6-17-11-18/h2-6,8,10-11H,1,7,9H2,(H,19,20)/b5-2+. The first kappa shape index (κ1) is 14.8. The molecule has 0 saturated heterocycles. The summed E-state index contributed by atoms with van der Waals surface area (Å²) < 4.78 is 20.7. The summed E-state index contributed by atoms with van der Waals surface area (Å²) in [5.74, 6) is -1.07. The predicted octanol–water partition coefficient (Wildman–Crippen LogP) is 2.59. The molecule has 0 aliphatic heterocycles. The van der Waals surface area contributed by atoms with E-state index in [4.69, 9.17) is 9.84 Å². The number of aliphatic carboxylic acids is 1. The van der Waals surface area contributed by atoms with Crippen molar-refractivity contribution in [3.8, 4) is 5.75 Å². The van der Waals surface area contributed by atoms with Crippen LogP contribution >= 0.6 is 0 Å². The number of nitrogens with zero attached hydrogens (tertiary/aromatic N) is 2. The maximum atomic E-state index is 13.2. The van der Waals surface area contributed by atoms with E-state index in [0.29, 0.717) is 17.9 Å². The number of benzene rings is 1. The quantitative estimate of drug-likeness (QED) is 0.629. The number of carbonyl (C=O) groups is 1. The first-order valence-electron chi connectivity index (χ1n) is 6.44. The van der Waals surface area contributed by atoms with Crippen LogP contribution in [0.15, 0.2) is 43.0 Å². The van der Waals surface area contributed by atoms with Crippen LogP contribution in [0.5, 0.6) is 5.75 Å².